The minimum atomic E-state index is -1.52. The van der Waals surface area contributed by atoms with Gasteiger partial charge in [-0.15, -0.1) is 0 Å². The van der Waals surface area contributed by atoms with Crippen molar-refractivity contribution < 1.29 is 9.50 Å². The molecule has 1 rings (SSSR count). The average molecular weight is 140 g/mol. The van der Waals surface area contributed by atoms with Gasteiger partial charge < -0.3 is 5.11 Å². The van der Waals surface area contributed by atoms with Crippen LogP contribution < -0.4 is 0 Å². The Hall–Kier alpha value is -1.05. The second-order valence-corrected chi connectivity index (χ2v) is 2.44. The second-order valence-electron chi connectivity index (χ2n) is 2.44. The molecule has 0 aromatic rings. The lowest BCUT2D eigenvalue weighted by Crippen LogP contribution is -2.09. The molecule has 1 nitrogen and oxygen atoms in total. The highest BCUT2D eigenvalue weighted by atomic mass is 19.1. The third kappa shape index (κ3) is 1.72. The molecule has 0 radical (unpaired) electrons. The summed E-state index contributed by atoms with van der Waals surface area (Å²) in [5.41, 5.74) is -1.52. The van der Waals surface area contributed by atoms with E-state index in [1.54, 1.807) is 12.2 Å². The molecule has 0 spiro atoms. The van der Waals surface area contributed by atoms with E-state index < -0.39 is 5.67 Å². The van der Waals surface area contributed by atoms with Crippen molar-refractivity contribution in [3.63, 3.8) is 0 Å². The number of hydrogen-bond acceptors (Lipinski definition) is 1. The molecule has 10 heavy (non-hydrogen) atoms. The molecule has 1 unspecified atom stereocenters. The van der Waals surface area contributed by atoms with Gasteiger partial charge in [-0.3, -0.25) is 0 Å². The Labute approximate surface area is 59.2 Å². The molecule has 0 amide bonds. The lowest BCUT2D eigenvalue weighted by atomic mass is 10.1. The number of aliphatic hydroxyl groups is 1. The quantitative estimate of drug-likeness (QED) is 0.547. The largest absolute Gasteiger partial charge is 0.508 e. The Morgan fingerprint density at radius 1 is 1.50 bits per heavy atom. The monoisotopic (exact) mass is 140 g/mol. The fraction of sp³-hybridized carbons (Fsp3) is 0.250. The van der Waals surface area contributed by atoms with Gasteiger partial charge in [-0.1, -0.05) is 12.2 Å². The van der Waals surface area contributed by atoms with Crippen molar-refractivity contribution in [2.24, 2.45) is 0 Å². The fourth-order valence-electron chi connectivity index (χ4n) is 0.783. The molecule has 0 aromatic carbocycles. The molecule has 1 aliphatic rings. The molecular formula is C8H9FO. The molecule has 0 saturated carbocycles. The average Bonchev–Trinajstić information content (AvgIpc) is 1.90. The maximum atomic E-state index is 13.0. The summed E-state index contributed by atoms with van der Waals surface area (Å²) in [6, 6.07) is 0. The molecule has 0 bridgehead atoms. The molecule has 0 aromatic heterocycles. The predicted molar refractivity (Wildman–Crippen MR) is 38.5 cm³/mol. The summed E-state index contributed by atoms with van der Waals surface area (Å²) in [7, 11) is 0. The molecule has 0 aliphatic heterocycles. The molecular weight excluding hydrogens is 131 g/mol. The standard InChI is InChI=1S/C8H9FO/c1-8(9)5-3-2-4-7(10)6-8/h2-6,10H,1H3. The number of halogens is 1. The summed E-state index contributed by atoms with van der Waals surface area (Å²) in [6.45, 7) is 1.38. The summed E-state index contributed by atoms with van der Waals surface area (Å²) in [5, 5.41) is 8.92. The van der Waals surface area contributed by atoms with Crippen LogP contribution in [-0.4, -0.2) is 10.8 Å². The van der Waals surface area contributed by atoms with Gasteiger partial charge in [0, 0.05) is 0 Å². The van der Waals surface area contributed by atoms with E-state index in [1.807, 2.05) is 0 Å². The van der Waals surface area contributed by atoms with Crippen LogP contribution in [0.1, 0.15) is 6.92 Å². The molecule has 0 saturated heterocycles. The molecule has 1 aliphatic carbocycles. The number of allylic oxidation sites excluding steroid dienone is 5. The van der Waals surface area contributed by atoms with E-state index in [9.17, 15) is 4.39 Å². The smallest absolute Gasteiger partial charge is 0.148 e. The number of aliphatic hydroxyl groups excluding tert-OH is 1. The summed E-state index contributed by atoms with van der Waals surface area (Å²) >= 11 is 0. The maximum Gasteiger partial charge on any atom is 0.148 e. The normalized spacial score (nSPS) is 31.6. The van der Waals surface area contributed by atoms with Crippen molar-refractivity contribution in [2.75, 3.05) is 0 Å². The van der Waals surface area contributed by atoms with Crippen LogP contribution >= 0.6 is 0 Å². The van der Waals surface area contributed by atoms with Crippen molar-refractivity contribution in [2.45, 2.75) is 12.6 Å². The van der Waals surface area contributed by atoms with E-state index in [4.69, 9.17) is 5.11 Å². The van der Waals surface area contributed by atoms with Crippen molar-refractivity contribution in [1.82, 2.24) is 0 Å². The van der Waals surface area contributed by atoms with Crippen LogP contribution in [-0.2, 0) is 0 Å². The first kappa shape index (κ1) is 7.06. The minimum absolute atomic E-state index is 0.0324. The van der Waals surface area contributed by atoms with E-state index >= 15 is 0 Å². The highest BCUT2D eigenvalue weighted by molar-refractivity contribution is 5.28. The van der Waals surface area contributed by atoms with E-state index in [-0.39, 0.29) is 5.76 Å². The van der Waals surface area contributed by atoms with E-state index in [0.29, 0.717) is 0 Å². The fourth-order valence-corrected chi connectivity index (χ4v) is 0.783. The molecule has 0 heterocycles. The van der Waals surface area contributed by atoms with Crippen LogP contribution in [0.3, 0.4) is 0 Å². The van der Waals surface area contributed by atoms with Crippen LogP contribution in [0.25, 0.3) is 0 Å². The molecule has 54 valence electrons. The van der Waals surface area contributed by atoms with Crippen LogP contribution in [0.5, 0.6) is 0 Å². The van der Waals surface area contributed by atoms with Crippen LogP contribution in [0.4, 0.5) is 4.39 Å². The van der Waals surface area contributed by atoms with Gasteiger partial charge in [0.15, 0.2) is 0 Å². The molecule has 1 N–H and O–H groups in total. The van der Waals surface area contributed by atoms with E-state index in [1.165, 1.54) is 19.1 Å². The zero-order valence-corrected chi connectivity index (χ0v) is 5.71. The van der Waals surface area contributed by atoms with Gasteiger partial charge in [0.2, 0.25) is 0 Å². The Balaban J connectivity index is 2.93. The van der Waals surface area contributed by atoms with Crippen LogP contribution in [0.2, 0.25) is 0 Å². The van der Waals surface area contributed by atoms with Gasteiger partial charge in [-0.25, -0.2) is 4.39 Å². The van der Waals surface area contributed by atoms with Gasteiger partial charge in [-0.05, 0) is 25.2 Å². The second kappa shape index (κ2) is 2.29. The van der Waals surface area contributed by atoms with Crippen molar-refractivity contribution in [3.8, 4) is 0 Å². The van der Waals surface area contributed by atoms with E-state index in [2.05, 4.69) is 0 Å². The van der Waals surface area contributed by atoms with Gasteiger partial charge >= 0.3 is 0 Å². The summed E-state index contributed by atoms with van der Waals surface area (Å²) in [4.78, 5) is 0. The topological polar surface area (TPSA) is 20.2 Å². The SMILES string of the molecule is CC1(F)C=CC=CC(O)=C1. The third-order valence-electron chi connectivity index (χ3n) is 1.23. The molecule has 2 heteroatoms. The Morgan fingerprint density at radius 2 is 2.20 bits per heavy atom. The highest BCUT2D eigenvalue weighted by Crippen LogP contribution is 2.18. The number of hydrogen-bond donors (Lipinski definition) is 1. The van der Waals surface area contributed by atoms with Crippen LogP contribution in [0, 0.1) is 0 Å². The van der Waals surface area contributed by atoms with Crippen LogP contribution in [0.15, 0.2) is 36.1 Å². The van der Waals surface area contributed by atoms with Crippen molar-refractivity contribution in [3.05, 3.63) is 36.1 Å². The van der Waals surface area contributed by atoms with Gasteiger partial charge in [0.25, 0.3) is 0 Å². The lowest BCUT2D eigenvalue weighted by molar-refractivity contribution is 0.314. The van der Waals surface area contributed by atoms with E-state index in [0.717, 1.165) is 6.08 Å². The molecule has 1 atom stereocenters. The van der Waals surface area contributed by atoms with Gasteiger partial charge in [0.05, 0.1) is 0 Å². The summed E-state index contributed by atoms with van der Waals surface area (Å²) < 4.78 is 13.0. The minimum Gasteiger partial charge on any atom is -0.508 e. The third-order valence-corrected chi connectivity index (χ3v) is 1.23. The lowest BCUT2D eigenvalue weighted by Gasteiger charge is -2.07. The van der Waals surface area contributed by atoms with Crippen molar-refractivity contribution >= 4 is 0 Å². The number of rotatable bonds is 0. The summed E-state index contributed by atoms with van der Waals surface area (Å²) in [5.74, 6) is -0.0324. The first-order valence-electron chi connectivity index (χ1n) is 3.07. The highest BCUT2D eigenvalue weighted by Gasteiger charge is 2.16. The first-order chi connectivity index (χ1) is 4.60. The Kier molecular flexibility index (Phi) is 1.62. The van der Waals surface area contributed by atoms with Crippen molar-refractivity contribution in [1.29, 1.82) is 0 Å². The first-order valence-corrected chi connectivity index (χ1v) is 3.07. The van der Waals surface area contributed by atoms with Gasteiger partial charge in [0.1, 0.15) is 11.4 Å². The predicted octanol–water partition coefficient (Wildman–Crippen LogP) is 2.28. The number of alkyl halides is 1. The zero-order chi connectivity index (χ0) is 7.61. The maximum absolute atomic E-state index is 13.0. The Morgan fingerprint density at radius 3 is 2.90 bits per heavy atom. The van der Waals surface area contributed by atoms with Gasteiger partial charge in [-0.2, -0.15) is 0 Å². The Bertz CT molecular complexity index is 211. The molecule has 0 fully saturated rings. The summed E-state index contributed by atoms with van der Waals surface area (Å²) in [6.07, 6.45) is 7.15. The zero-order valence-electron chi connectivity index (χ0n) is 5.71.